The fourth-order valence-corrected chi connectivity index (χ4v) is 2.05. The zero-order valence-corrected chi connectivity index (χ0v) is 8.84. The zero-order chi connectivity index (χ0) is 8.97. The van der Waals surface area contributed by atoms with Gasteiger partial charge < -0.3 is 4.90 Å². The third-order valence-electron chi connectivity index (χ3n) is 3.32. The topological polar surface area (TPSA) is 3.24 Å². The van der Waals surface area contributed by atoms with Gasteiger partial charge in [-0.3, -0.25) is 0 Å². The predicted octanol–water partition coefficient (Wildman–Crippen LogP) is 2.91. The average molecular weight is 169 g/mol. The lowest BCUT2D eigenvalue weighted by Crippen LogP contribution is -2.30. The SMILES string of the molecule is CCCCCN1CCC(C)C1C. The third kappa shape index (κ3) is 2.48. The van der Waals surface area contributed by atoms with Crippen LogP contribution in [0.1, 0.15) is 46.5 Å². The van der Waals surface area contributed by atoms with Gasteiger partial charge in [-0.1, -0.05) is 26.7 Å². The molecule has 1 aliphatic heterocycles. The van der Waals surface area contributed by atoms with Crippen LogP contribution < -0.4 is 0 Å². The van der Waals surface area contributed by atoms with Crippen LogP contribution in [0.25, 0.3) is 0 Å². The Balaban J connectivity index is 2.16. The quantitative estimate of drug-likeness (QED) is 0.585. The largest absolute Gasteiger partial charge is 0.300 e. The second kappa shape index (κ2) is 4.86. The highest BCUT2D eigenvalue weighted by Crippen LogP contribution is 2.23. The molecule has 0 radical (unpaired) electrons. The number of hydrogen-bond acceptors (Lipinski definition) is 1. The van der Waals surface area contributed by atoms with Gasteiger partial charge in [-0.05, 0) is 38.8 Å². The lowest BCUT2D eigenvalue weighted by atomic mass is 10.1. The van der Waals surface area contributed by atoms with E-state index in [9.17, 15) is 0 Å². The van der Waals surface area contributed by atoms with Crippen LogP contribution in [0, 0.1) is 5.92 Å². The second-order valence-corrected chi connectivity index (χ2v) is 4.25. The lowest BCUT2D eigenvalue weighted by molar-refractivity contribution is 0.242. The van der Waals surface area contributed by atoms with Gasteiger partial charge in [0.15, 0.2) is 0 Å². The Morgan fingerprint density at radius 3 is 2.50 bits per heavy atom. The molecule has 12 heavy (non-hydrogen) atoms. The van der Waals surface area contributed by atoms with Crippen molar-refractivity contribution >= 4 is 0 Å². The van der Waals surface area contributed by atoms with E-state index in [1.807, 2.05) is 0 Å². The number of unbranched alkanes of at least 4 members (excludes halogenated alkanes) is 2. The summed E-state index contributed by atoms with van der Waals surface area (Å²) >= 11 is 0. The lowest BCUT2D eigenvalue weighted by Gasteiger charge is -2.22. The first kappa shape index (κ1) is 10.0. The van der Waals surface area contributed by atoms with Crippen LogP contribution in [0.3, 0.4) is 0 Å². The van der Waals surface area contributed by atoms with Crippen molar-refractivity contribution in [2.45, 2.75) is 52.5 Å². The molecule has 1 nitrogen and oxygen atoms in total. The van der Waals surface area contributed by atoms with Crippen LogP contribution in [0.5, 0.6) is 0 Å². The smallest absolute Gasteiger partial charge is 0.00930 e. The molecule has 0 N–H and O–H groups in total. The summed E-state index contributed by atoms with van der Waals surface area (Å²) in [6, 6.07) is 0.835. The van der Waals surface area contributed by atoms with Gasteiger partial charge in [0, 0.05) is 6.04 Å². The van der Waals surface area contributed by atoms with Crippen molar-refractivity contribution in [2.75, 3.05) is 13.1 Å². The van der Waals surface area contributed by atoms with Gasteiger partial charge in [0.1, 0.15) is 0 Å². The van der Waals surface area contributed by atoms with Gasteiger partial charge in [0.05, 0.1) is 0 Å². The fourth-order valence-electron chi connectivity index (χ4n) is 2.05. The van der Waals surface area contributed by atoms with E-state index in [0.29, 0.717) is 0 Å². The Bertz CT molecular complexity index is 122. The van der Waals surface area contributed by atoms with Crippen molar-refractivity contribution in [2.24, 2.45) is 5.92 Å². The molecule has 2 unspecified atom stereocenters. The molecular formula is C11H23N. The summed E-state index contributed by atoms with van der Waals surface area (Å²) in [4.78, 5) is 2.65. The van der Waals surface area contributed by atoms with Crippen LogP contribution in [0.15, 0.2) is 0 Å². The van der Waals surface area contributed by atoms with E-state index < -0.39 is 0 Å². The maximum Gasteiger partial charge on any atom is 0.00930 e. The molecule has 2 atom stereocenters. The van der Waals surface area contributed by atoms with Crippen LogP contribution in [0.2, 0.25) is 0 Å². The van der Waals surface area contributed by atoms with E-state index in [4.69, 9.17) is 0 Å². The van der Waals surface area contributed by atoms with Crippen LogP contribution >= 0.6 is 0 Å². The molecule has 0 bridgehead atoms. The normalized spacial score (nSPS) is 31.2. The van der Waals surface area contributed by atoms with E-state index in [-0.39, 0.29) is 0 Å². The number of hydrogen-bond donors (Lipinski definition) is 0. The molecule has 1 aliphatic rings. The average Bonchev–Trinajstić information content (AvgIpc) is 2.36. The molecule has 1 rings (SSSR count). The second-order valence-electron chi connectivity index (χ2n) is 4.25. The molecule has 1 fully saturated rings. The van der Waals surface area contributed by atoms with Crippen molar-refractivity contribution in [3.05, 3.63) is 0 Å². The highest BCUT2D eigenvalue weighted by molar-refractivity contribution is 4.80. The Labute approximate surface area is 77.1 Å². The van der Waals surface area contributed by atoms with E-state index >= 15 is 0 Å². The Kier molecular flexibility index (Phi) is 4.07. The molecule has 72 valence electrons. The molecule has 0 aromatic heterocycles. The first-order chi connectivity index (χ1) is 5.75. The fraction of sp³-hybridized carbons (Fsp3) is 1.00. The minimum atomic E-state index is 0.835. The third-order valence-corrected chi connectivity index (χ3v) is 3.32. The summed E-state index contributed by atoms with van der Waals surface area (Å²) in [7, 11) is 0. The van der Waals surface area contributed by atoms with Crippen LogP contribution in [-0.4, -0.2) is 24.0 Å². The summed E-state index contributed by atoms with van der Waals surface area (Å²) in [5.41, 5.74) is 0. The molecule has 1 heterocycles. The van der Waals surface area contributed by atoms with Gasteiger partial charge >= 0.3 is 0 Å². The summed E-state index contributed by atoms with van der Waals surface area (Å²) < 4.78 is 0. The van der Waals surface area contributed by atoms with Crippen molar-refractivity contribution in [1.29, 1.82) is 0 Å². The summed E-state index contributed by atoms with van der Waals surface area (Å²) in [6.45, 7) is 9.70. The van der Waals surface area contributed by atoms with Crippen molar-refractivity contribution in [3.63, 3.8) is 0 Å². The molecule has 0 aromatic carbocycles. The minimum absolute atomic E-state index is 0.835. The molecule has 0 aromatic rings. The first-order valence-electron chi connectivity index (χ1n) is 5.49. The summed E-state index contributed by atoms with van der Waals surface area (Å²) in [5, 5.41) is 0. The summed E-state index contributed by atoms with van der Waals surface area (Å²) in [5.74, 6) is 0.923. The van der Waals surface area contributed by atoms with E-state index in [1.54, 1.807) is 0 Å². The number of likely N-dealkylation sites (tertiary alicyclic amines) is 1. The van der Waals surface area contributed by atoms with Crippen molar-refractivity contribution in [3.8, 4) is 0 Å². The zero-order valence-electron chi connectivity index (χ0n) is 8.84. The van der Waals surface area contributed by atoms with E-state index in [1.165, 1.54) is 38.8 Å². The Hall–Kier alpha value is -0.0400. The highest BCUT2D eigenvalue weighted by atomic mass is 15.2. The van der Waals surface area contributed by atoms with Crippen molar-refractivity contribution in [1.82, 2.24) is 4.90 Å². The van der Waals surface area contributed by atoms with Crippen LogP contribution in [-0.2, 0) is 0 Å². The predicted molar refractivity (Wildman–Crippen MR) is 54.3 cm³/mol. The monoisotopic (exact) mass is 169 g/mol. The van der Waals surface area contributed by atoms with E-state index in [2.05, 4.69) is 25.7 Å². The van der Waals surface area contributed by atoms with Gasteiger partial charge in [-0.2, -0.15) is 0 Å². The molecule has 0 spiro atoms. The van der Waals surface area contributed by atoms with Gasteiger partial charge in [-0.25, -0.2) is 0 Å². The Morgan fingerprint density at radius 2 is 2.00 bits per heavy atom. The van der Waals surface area contributed by atoms with Gasteiger partial charge in [-0.15, -0.1) is 0 Å². The van der Waals surface area contributed by atoms with Gasteiger partial charge in [0.25, 0.3) is 0 Å². The highest BCUT2D eigenvalue weighted by Gasteiger charge is 2.25. The molecule has 0 amide bonds. The van der Waals surface area contributed by atoms with Crippen molar-refractivity contribution < 1.29 is 0 Å². The maximum atomic E-state index is 2.65. The van der Waals surface area contributed by atoms with Gasteiger partial charge in [0.2, 0.25) is 0 Å². The molecule has 1 heteroatoms. The van der Waals surface area contributed by atoms with Crippen LogP contribution in [0.4, 0.5) is 0 Å². The standard InChI is InChI=1S/C11H23N/c1-4-5-6-8-12-9-7-10(2)11(12)3/h10-11H,4-9H2,1-3H3. The summed E-state index contributed by atoms with van der Waals surface area (Å²) in [6.07, 6.45) is 5.55. The Morgan fingerprint density at radius 1 is 1.25 bits per heavy atom. The maximum absolute atomic E-state index is 2.65. The molecule has 0 saturated carbocycles. The van der Waals surface area contributed by atoms with E-state index in [0.717, 1.165) is 12.0 Å². The number of nitrogens with zero attached hydrogens (tertiary/aromatic N) is 1. The first-order valence-corrected chi connectivity index (χ1v) is 5.49. The minimum Gasteiger partial charge on any atom is -0.300 e. The molecule has 1 saturated heterocycles. The molecular weight excluding hydrogens is 146 g/mol. The number of rotatable bonds is 4. The molecule has 0 aliphatic carbocycles.